The van der Waals surface area contributed by atoms with Gasteiger partial charge in [0.15, 0.2) is 0 Å². The molecule has 0 amide bonds. The molecule has 4 heteroatoms. The van der Waals surface area contributed by atoms with E-state index in [9.17, 15) is 5.11 Å². The van der Waals surface area contributed by atoms with Gasteiger partial charge in [0, 0.05) is 15.2 Å². The van der Waals surface area contributed by atoms with E-state index < -0.39 is 6.10 Å². The molecule has 0 spiro atoms. The van der Waals surface area contributed by atoms with Crippen molar-refractivity contribution in [2.75, 3.05) is 19.8 Å². The fourth-order valence-corrected chi connectivity index (χ4v) is 3.11. The molecular formula is C21H21BrO3. The number of hydrogen-bond acceptors (Lipinski definition) is 3. The molecule has 1 atom stereocenters. The molecule has 3 rings (SSSR count). The molecule has 1 N–H and O–H groups in total. The molecule has 0 saturated heterocycles. The van der Waals surface area contributed by atoms with Crippen LogP contribution in [0.3, 0.4) is 0 Å². The Morgan fingerprint density at radius 2 is 1.84 bits per heavy atom. The van der Waals surface area contributed by atoms with Crippen LogP contribution in [0.1, 0.15) is 6.92 Å². The van der Waals surface area contributed by atoms with Gasteiger partial charge in [-0.25, -0.2) is 0 Å². The second kappa shape index (κ2) is 8.00. The lowest BCUT2D eigenvalue weighted by Crippen LogP contribution is -2.24. The predicted molar refractivity (Wildman–Crippen MR) is 106 cm³/mol. The molecule has 0 aliphatic carbocycles. The Morgan fingerprint density at radius 1 is 1.08 bits per heavy atom. The van der Waals surface area contributed by atoms with Crippen molar-refractivity contribution in [1.82, 2.24) is 0 Å². The summed E-state index contributed by atoms with van der Waals surface area (Å²) in [5.74, 6) is 0.786. The lowest BCUT2D eigenvalue weighted by Gasteiger charge is -2.16. The number of fused-ring (bicyclic) bond motifs is 2. The summed E-state index contributed by atoms with van der Waals surface area (Å²) in [5.41, 5.74) is 0.929. The highest BCUT2D eigenvalue weighted by Gasteiger charge is 2.12. The summed E-state index contributed by atoms with van der Waals surface area (Å²) < 4.78 is 12.4. The minimum atomic E-state index is -0.694. The maximum Gasteiger partial charge on any atom is 0.135 e. The predicted octanol–water partition coefficient (Wildman–Crippen LogP) is 5.09. The quantitative estimate of drug-likeness (QED) is 0.443. The number of rotatable bonds is 7. The van der Waals surface area contributed by atoms with Crippen LogP contribution in [0.4, 0.5) is 0 Å². The van der Waals surface area contributed by atoms with E-state index in [0.29, 0.717) is 6.61 Å². The summed E-state index contributed by atoms with van der Waals surface area (Å²) >= 11 is 3.53. The molecule has 3 nitrogen and oxygen atoms in total. The van der Waals surface area contributed by atoms with E-state index in [1.54, 1.807) is 0 Å². The summed E-state index contributed by atoms with van der Waals surface area (Å²) in [6, 6.07) is 16.4. The molecule has 0 saturated carbocycles. The van der Waals surface area contributed by atoms with Gasteiger partial charge in [-0.05, 0) is 35.9 Å². The number of benzene rings is 3. The number of aliphatic hydroxyl groups is 1. The summed E-state index contributed by atoms with van der Waals surface area (Å²) in [6.45, 7) is 6.51. The third-order valence-electron chi connectivity index (χ3n) is 3.86. The number of halogens is 1. The van der Waals surface area contributed by atoms with Crippen LogP contribution < -0.4 is 4.74 Å². The number of aliphatic hydroxyl groups excluding tert-OH is 1. The number of ether oxygens (including phenoxy) is 2. The second-order valence-corrected chi connectivity index (χ2v) is 7.15. The van der Waals surface area contributed by atoms with Gasteiger partial charge in [0.1, 0.15) is 18.5 Å². The van der Waals surface area contributed by atoms with Crippen molar-refractivity contribution < 1.29 is 14.6 Å². The molecule has 0 aliphatic rings. The number of hydrogen-bond donors (Lipinski definition) is 1. The highest BCUT2D eigenvalue weighted by atomic mass is 79.9. The van der Waals surface area contributed by atoms with Crippen LogP contribution in [-0.2, 0) is 4.74 Å². The Labute approximate surface area is 156 Å². The molecule has 0 bridgehead atoms. The Hall–Kier alpha value is -1.88. The average Bonchev–Trinajstić information content (AvgIpc) is 2.58. The second-order valence-electron chi connectivity index (χ2n) is 6.23. The third kappa shape index (κ3) is 4.40. The molecule has 0 radical (unpaired) electrons. The first-order valence-electron chi connectivity index (χ1n) is 8.18. The summed E-state index contributed by atoms with van der Waals surface area (Å²) in [7, 11) is 0. The van der Waals surface area contributed by atoms with E-state index in [4.69, 9.17) is 9.47 Å². The maximum atomic E-state index is 10.1. The first kappa shape index (κ1) is 17.9. The van der Waals surface area contributed by atoms with Crippen molar-refractivity contribution in [3.8, 4) is 5.75 Å². The average molecular weight is 401 g/mol. The fourth-order valence-electron chi connectivity index (χ4n) is 2.75. The SMILES string of the molecule is C=C(C)COCC(O)COc1c2ccccc2cc2ccc(Br)cc12. The van der Waals surface area contributed by atoms with Crippen LogP contribution in [0.25, 0.3) is 21.5 Å². The van der Waals surface area contributed by atoms with E-state index in [1.807, 2.05) is 37.3 Å². The lowest BCUT2D eigenvalue weighted by atomic mass is 10.0. The van der Waals surface area contributed by atoms with Gasteiger partial charge in [-0.3, -0.25) is 0 Å². The highest BCUT2D eigenvalue weighted by molar-refractivity contribution is 9.10. The monoisotopic (exact) mass is 400 g/mol. The van der Waals surface area contributed by atoms with Crippen molar-refractivity contribution >= 4 is 37.5 Å². The molecule has 1 unspecified atom stereocenters. The topological polar surface area (TPSA) is 38.7 Å². The van der Waals surface area contributed by atoms with Crippen molar-refractivity contribution in [3.05, 3.63) is 65.2 Å². The van der Waals surface area contributed by atoms with Gasteiger partial charge in [0.2, 0.25) is 0 Å². The minimum Gasteiger partial charge on any atom is -0.489 e. The maximum absolute atomic E-state index is 10.1. The van der Waals surface area contributed by atoms with Gasteiger partial charge < -0.3 is 14.6 Å². The highest BCUT2D eigenvalue weighted by Crippen LogP contribution is 2.36. The zero-order valence-electron chi connectivity index (χ0n) is 14.2. The molecule has 0 fully saturated rings. The van der Waals surface area contributed by atoms with Crippen molar-refractivity contribution in [3.63, 3.8) is 0 Å². The van der Waals surface area contributed by atoms with Crippen LogP contribution >= 0.6 is 15.9 Å². The Kier molecular flexibility index (Phi) is 5.74. The third-order valence-corrected chi connectivity index (χ3v) is 4.35. The van der Waals surface area contributed by atoms with Crippen molar-refractivity contribution in [2.24, 2.45) is 0 Å². The van der Waals surface area contributed by atoms with Crippen LogP contribution in [0.15, 0.2) is 65.2 Å². The van der Waals surface area contributed by atoms with Gasteiger partial charge in [0.25, 0.3) is 0 Å². The van der Waals surface area contributed by atoms with E-state index in [2.05, 4.69) is 40.7 Å². The molecule has 0 aromatic heterocycles. The van der Waals surface area contributed by atoms with Gasteiger partial charge in [0.05, 0.1) is 13.2 Å². The zero-order chi connectivity index (χ0) is 17.8. The standard InChI is InChI=1S/C21H21BrO3/c1-14(2)11-24-12-18(23)13-25-21-19-6-4-3-5-15(19)9-16-7-8-17(22)10-20(16)21/h3-10,18,23H,1,11-13H2,2H3. The van der Waals surface area contributed by atoms with Gasteiger partial charge in [-0.1, -0.05) is 58.4 Å². The van der Waals surface area contributed by atoms with Crippen molar-refractivity contribution in [1.29, 1.82) is 0 Å². The van der Waals surface area contributed by atoms with Gasteiger partial charge in [-0.2, -0.15) is 0 Å². The summed E-state index contributed by atoms with van der Waals surface area (Å²) in [4.78, 5) is 0. The van der Waals surface area contributed by atoms with Crippen molar-refractivity contribution in [2.45, 2.75) is 13.0 Å². The Balaban J connectivity index is 1.87. The summed E-state index contributed by atoms with van der Waals surface area (Å²) in [5, 5.41) is 14.4. The molecule has 3 aromatic carbocycles. The van der Waals surface area contributed by atoms with Crippen LogP contribution in [0.2, 0.25) is 0 Å². The van der Waals surface area contributed by atoms with Crippen LogP contribution in [-0.4, -0.2) is 31.0 Å². The summed E-state index contributed by atoms with van der Waals surface area (Å²) in [6.07, 6.45) is -0.694. The lowest BCUT2D eigenvalue weighted by molar-refractivity contribution is 0.0202. The minimum absolute atomic E-state index is 0.172. The fraction of sp³-hybridized carbons (Fsp3) is 0.238. The molecule has 130 valence electrons. The smallest absolute Gasteiger partial charge is 0.135 e. The molecule has 25 heavy (non-hydrogen) atoms. The molecule has 0 aliphatic heterocycles. The van der Waals surface area contributed by atoms with E-state index in [0.717, 1.165) is 37.3 Å². The van der Waals surface area contributed by atoms with Gasteiger partial charge in [-0.15, -0.1) is 0 Å². The zero-order valence-corrected chi connectivity index (χ0v) is 15.8. The van der Waals surface area contributed by atoms with Gasteiger partial charge >= 0.3 is 0 Å². The normalized spacial score (nSPS) is 12.4. The molecule has 3 aromatic rings. The largest absolute Gasteiger partial charge is 0.489 e. The van der Waals surface area contributed by atoms with E-state index in [1.165, 1.54) is 0 Å². The van der Waals surface area contributed by atoms with Crippen LogP contribution in [0.5, 0.6) is 5.75 Å². The Morgan fingerprint density at radius 3 is 2.64 bits per heavy atom. The molecule has 0 heterocycles. The first-order valence-corrected chi connectivity index (χ1v) is 8.98. The molecular weight excluding hydrogens is 380 g/mol. The first-order chi connectivity index (χ1) is 12.0. The van der Waals surface area contributed by atoms with E-state index in [-0.39, 0.29) is 13.2 Å². The van der Waals surface area contributed by atoms with E-state index >= 15 is 0 Å². The van der Waals surface area contributed by atoms with Crippen LogP contribution in [0, 0.1) is 0 Å². The Bertz CT molecular complexity index is 904.